The van der Waals surface area contributed by atoms with Crippen molar-refractivity contribution in [2.24, 2.45) is 0 Å². The Morgan fingerprint density at radius 3 is 2.48 bits per heavy atom. The third-order valence-corrected chi connectivity index (χ3v) is 6.02. The maximum Gasteiger partial charge on any atom is 0.257 e. The van der Waals surface area contributed by atoms with Crippen LogP contribution in [-0.4, -0.2) is 18.9 Å². The number of carbonyl (C=O) groups is 2. The van der Waals surface area contributed by atoms with Crippen LogP contribution in [0.1, 0.15) is 33.5 Å². The van der Waals surface area contributed by atoms with E-state index in [2.05, 4.69) is 22.8 Å². The van der Waals surface area contributed by atoms with E-state index in [0.717, 1.165) is 35.8 Å². The lowest BCUT2D eigenvalue weighted by Crippen LogP contribution is -2.19. The fourth-order valence-electron chi connectivity index (χ4n) is 4.38. The number of aryl methyl sites for hydroxylation is 2. The molecular weight excluding hydrogens is 416 g/mol. The van der Waals surface area contributed by atoms with Crippen LogP contribution in [0.4, 0.5) is 11.4 Å². The highest BCUT2D eigenvalue weighted by Crippen LogP contribution is 2.31. The van der Waals surface area contributed by atoms with Gasteiger partial charge in [-0.25, -0.2) is 0 Å². The van der Waals surface area contributed by atoms with Crippen molar-refractivity contribution >= 4 is 34.2 Å². The SMILES string of the molecule is COc1ccccc1NC(=O)c1ccccc1NC(=O)Cc1coc2cc3c(cc12)CCC3. The summed E-state index contributed by atoms with van der Waals surface area (Å²) in [5.74, 6) is 0.0150. The van der Waals surface area contributed by atoms with Crippen LogP contribution >= 0.6 is 0 Å². The minimum Gasteiger partial charge on any atom is -0.495 e. The minimum atomic E-state index is -0.334. The topological polar surface area (TPSA) is 80.6 Å². The van der Waals surface area contributed by atoms with Crippen molar-refractivity contribution in [2.45, 2.75) is 25.7 Å². The summed E-state index contributed by atoms with van der Waals surface area (Å²) in [5, 5.41) is 6.72. The second-order valence-electron chi connectivity index (χ2n) is 8.16. The summed E-state index contributed by atoms with van der Waals surface area (Å²) in [7, 11) is 1.55. The maximum absolute atomic E-state index is 13.0. The van der Waals surface area contributed by atoms with Crippen molar-refractivity contribution < 1.29 is 18.7 Å². The lowest BCUT2D eigenvalue weighted by molar-refractivity contribution is -0.115. The summed E-state index contributed by atoms with van der Waals surface area (Å²) >= 11 is 0. The molecule has 0 saturated carbocycles. The van der Waals surface area contributed by atoms with Crippen molar-refractivity contribution in [3.63, 3.8) is 0 Å². The Bertz CT molecular complexity index is 1360. The fraction of sp³-hybridized carbons (Fsp3) is 0.185. The first-order chi connectivity index (χ1) is 16.1. The summed E-state index contributed by atoms with van der Waals surface area (Å²) < 4.78 is 11.0. The molecule has 1 aromatic heterocycles. The Hall–Kier alpha value is -4.06. The number of furan rings is 1. The molecule has 0 saturated heterocycles. The Kier molecular flexibility index (Phi) is 5.57. The van der Waals surface area contributed by atoms with E-state index in [4.69, 9.17) is 9.15 Å². The van der Waals surface area contributed by atoms with Gasteiger partial charge in [0.1, 0.15) is 11.3 Å². The Morgan fingerprint density at radius 1 is 0.939 bits per heavy atom. The second kappa shape index (κ2) is 8.82. The molecule has 2 amide bonds. The van der Waals surface area contributed by atoms with Gasteiger partial charge in [-0.15, -0.1) is 0 Å². The molecule has 6 heteroatoms. The van der Waals surface area contributed by atoms with E-state index in [0.29, 0.717) is 22.7 Å². The lowest BCUT2D eigenvalue weighted by atomic mass is 10.0. The zero-order chi connectivity index (χ0) is 22.8. The van der Waals surface area contributed by atoms with Crippen LogP contribution in [0.3, 0.4) is 0 Å². The number of rotatable bonds is 6. The highest BCUT2D eigenvalue weighted by Gasteiger charge is 2.18. The van der Waals surface area contributed by atoms with Crippen molar-refractivity contribution in [1.29, 1.82) is 0 Å². The molecule has 4 aromatic rings. The van der Waals surface area contributed by atoms with E-state index in [-0.39, 0.29) is 18.2 Å². The van der Waals surface area contributed by atoms with Gasteiger partial charge in [-0.3, -0.25) is 9.59 Å². The van der Waals surface area contributed by atoms with Crippen molar-refractivity contribution in [3.8, 4) is 5.75 Å². The number of fused-ring (bicyclic) bond motifs is 2. The van der Waals surface area contributed by atoms with Crippen LogP contribution < -0.4 is 15.4 Å². The van der Waals surface area contributed by atoms with Gasteiger partial charge in [0.05, 0.1) is 36.7 Å². The molecule has 1 aliphatic rings. The van der Waals surface area contributed by atoms with Crippen LogP contribution in [0.15, 0.2) is 71.3 Å². The van der Waals surface area contributed by atoms with Crippen LogP contribution in [0.2, 0.25) is 0 Å². The average molecular weight is 440 g/mol. The predicted molar refractivity (Wildman–Crippen MR) is 128 cm³/mol. The third kappa shape index (κ3) is 4.20. The fourth-order valence-corrected chi connectivity index (χ4v) is 4.38. The molecule has 33 heavy (non-hydrogen) atoms. The zero-order valence-corrected chi connectivity index (χ0v) is 18.3. The number of carbonyl (C=O) groups excluding carboxylic acids is 2. The normalized spacial score (nSPS) is 12.4. The van der Waals surface area contributed by atoms with Gasteiger partial charge in [-0.1, -0.05) is 24.3 Å². The van der Waals surface area contributed by atoms with Crippen LogP contribution in [0.25, 0.3) is 11.0 Å². The quantitative estimate of drug-likeness (QED) is 0.423. The van der Waals surface area contributed by atoms with E-state index in [1.54, 1.807) is 49.8 Å². The summed E-state index contributed by atoms with van der Waals surface area (Å²) in [6.45, 7) is 0. The molecular formula is C27H24N2O4. The molecule has 0 aliphatic heterocycles. The molecule has 5 rings (SSSR count). The summed E-state index contributed by atoms with van der Waals surface area (Å²) in [6, 6.07) is 18.4. The number of para-hydroxylation sites is 3. The van der Waals surface area contributed by atoms with Crippen LogP contribution in [-0.2, 0) is 24.1 Å². The Labute approximate surface area is 191 Å². The highest BCUT2D eigenvalue weighted by molar-refractivity contribution is 6.10. The van der Waals surface area contributed by atoms with E-state index in [1.165, 1.54) is 11.1 Å². The third-order valence-electron chi connectivity index (χ3n) is 6.02. The molecule has 3 aromatic carbocycles. The molecule has 0 atom stereocenters. The molecule has 0 radical (unpaired) electrons. The molecule has 0 spiro atoms. The van der Waals surface area contributed by atoms with E-state index >= 15 is 0 Å². The summed E-state index contributed by atoms with van der Waals surface area (Å²) in [6.07, 6.45) is 5.12. The molecule has 0 bridgehead atoms. The van der Waals surface area contributed by atoms with Gasteiger partial charge < -0.3 is 19.8 Å². The molecule has 0 unspecified atom stereocenters. The predicted octanol–water partition coefficient (Wildman–Crippen LogP) is 5.36. The smallest absolute Gasteiger partial charge is 0.257 e. The van der Waals surface area contributed by atoms with Gasteiger partial charge in [0.2, 0.25) is 5.91 Å². The van der Waals surface area contributed by atoms with Gasteiger partial charge in [0.25, 0.3) is 5.91 Å². The van der Waals surface area contributed by atoms with E-state index < -0.39 is 0 Å². The molecule has 6 nitrogen and oxygen atoms in total. The first kappa shape index (κ1) is 20.8. The van der Waals surface area contributed by atoms with Gasteiger partial charge in [0, 0.05) is 10.9 Å². The van der Waals surface area contributed by atoms with Gasteiger partial charge in [0.15, 0.2) is 0 Å². The summed E-state index contributed by atoms with van der Waals surface area (Å²) in [5.41, 5.74) is 5.70. The number of ether oxygens (including phenoxy) is 1. The molecule has 0 fully saturated rings. The highest BCUT2D eigenvalue weighted by atomic mass is 16.5. The lowest BCUT2D eigenvalue weighted by Gasteiger charge is -2.13. The van der Waals surface area contributed by atoms with Crippen molar-refractivity contribution in [3.05, 3.63) is 89.2 Å². The van der Waals surface area contributed by atoms with E-state index in [9.17, 15) is 9.59 Å². The first-order valence-corrected chi connectivity index (χ1v) is 11.0. The number of nitrogens with one attached hydrogen (secondary N) is 2. The summed E-state index contributed by atoms with van der Waals surface area (Å²) in [4.78, 5) is 25.8. The van der Waals surface area contributed by atoms with Crippen LogP contribution in [0.5, 0.6) is 5.75 Å². The number of methoxy groups -OCH3 is 1. The number of amides is 2. The van der Waals surface area contributed by atoms with Crippen LogP contribution in [0, 0.1) is 0 Å². The van der Waals surface area contributed by atoms with Gasteiger partial charge in [-0.2, -0.15) is 0 Å². The van der Waals surface area contributed by atoms with E-state index in [1.807, 2.05) is 12.1 Å². The average Bonchev–Trinajstić information content (AvgIpc) is 3.44. The van der Waals surface area contributed by atoms with Crippen molar-refractivity contribution in [2.75, 3.05) is 17.7 Å². The minimum absolute atomic E-state index is 0.161. The molecule has 1 heterocycles. The Balaban J connectivity index is 1.33. The number of benzene rings is 3. The Morgan fingerprint density at radius 2 is 1.67 bits per heavy atom. The first-order valence-electron chi connectivity index (χ1n) is 11.0. The number of anilines is 2. The number of hydrogen-bond acceptors (Lipinski definition) is 4. The van der Waals surface area contributed by atoms with Gasteiger partial charge >= 0.3 is 0 Å². The maximum atomic E-state index is 13.0. The van der Waals surface area contributed by atoms with Crippen molar-refractivity contribution in [1.82, 2.24) is 0 Å². The largest absolute Gasteiger partial charge is 0.495 e. The number of hydrogen-bond donors (Lipinski definition) is 2. The standard InChI is InChI=1S/C27H24N2O4/c1-32-24-12-5-4-11-23(24)29-27(31)20-9-2-3-10-22(20)28-26(30)15-19-16-33-25-14-18-8-6-7-17(18)13-21(19)25/h2-5,9-14,16H,6-8,15H2,1H3,(H,28,30)(H,29,31). The van der Waals surface area contributed by atoms with Gasteiger partial charge in [-0.05, 0) is 66.8 Å². The molecule has 1 aliphatic carbocycles. The second-order valence-corrected chi connectivity index (χ2v) is 8.16. The molecule has 2 N–H and O–H groups in total. The molecule has 166 valence electrons. The monoisotopic (exact) mass is 440 g/mol. The zero-order valence-electron chi connectivity index (χ0n) is 18.3.